The first-order valence-corrected chi connectivity index (χ1v) is 14.3. The van der Waals surface area contributed by atoms with E-state index in [9.17, 15) is 27.9 Å². The minimum absolute atomic E-state index is 0.00706. The number of amides is 2. The fourth-order valence-corrected chi connectivity index (χ4v) is 5.90. The van der Waals surface area contributed by atoms with Crippen molar-refractivity contribution in [3.05, 3.63) is 110 Å². The van der Waals surface area contributed by atoms with Gasteiger partial charge >= 0.3 is 12.1 Å². The van der Waals surface area contributed by atoms with Gasteiger partial charge in [-0.15, -0.1) is 0 Å². The lowest BCUT2D eigenvalue weighted by Crippen LogP contribution is -2.18. The van der Waals surface area contributed by atoms with Crippen molar-refractivity contribution in [1.29, 1.82) is 0 Å². The Hall–Kier alpha value is -3.80. The molecule has 0 aliphatic carbocycles. The number of anilines is 2. The lowest BCUT2D eigenvalue weighted by Gasteiger charge is -2.14. The predicted octanol–water partition coefficient (Wildman–Crippen LogP) is 7.69. The third-order valence-corrected chi connectivity index (χ3v) is 9.04. The Morgan fingerprint density at radius 2 is 1.27 bits per heavy atom. The van der Waals surface area contributed by atoms with Crippen LogP contribution in [0.4, 0.5) is 16.2 Å². The number of ether oxygens (including phenoxy) is 1. The number of para-hydroxylation sites is 1. The van der Waals surface area contributed by atoms with Crippen LogP contribution < -0.4 is 15.4 Å². The van der Waals surface area contributed by atoms with Crippen molar-refractivity contribution < 1.29 is 32.6 Å². The van der Waals surface area contributed by atoms with Crippen molar-refractivity contribution in [2.45, 2.75) is 9.79 Å². The molecule has 14 heteroatoms. The van der Waals surface area contributed by atoms with Gasteiger partial charge in [0.05, 0.1) is 41.0 Å². The molecule has 0 fully saturated rings. The van der Waals surface area contributed by atoms with E-state index in [4.69, 9.17) is 51.1 Å². The molecule has 2 amide bonds. The van der Waals surface area contributed by atoms with Crippen molar-refractivity contribution in [2.75, 3.05) is 10.6 Å². The van der Waals surface area contributed by atoms with Crippen LogP contribution in [0.3, 0.4) is 0 Å². The molecule has 9 nitrogen and oxygen atoms in total. The highest BCUT2D eigenvalue weighted by molar-refractivity contribution is 7.91. The van der Waals surface area contributed by atoms with E-state index < -0.39 is 49.0 Å². The van der Waals surface area contributed by atoms with Gasteiger partial charge in [0.1, 0.15) is 5.75 Å². The second kappa shape index (κ2) is 12.4. The van der Waals surface area contributed by atoms with Gasteiger partial charge in [-0.2, -0.15) is 0 Å². The van der Waals surface area contributed by atoms with Gasteiger partial charge in [-0.05, 0) is 54.6 Å². The number of hydrogen-bond donors (Lipinski definition) is 3. The Bertz CT molecular complexity index is 1780. The number of aromatic carboxylic acids is 1. The predicted molar refractivity (Wildman–Crippen MR) is 156 cm³/mol. The standard InChI is InChI=1S/C27H16Cl4N2O7S/c28-21-19(20(26(35)36)22(29)24(31)23(21)30)25(34)32-15-5-4-8-18(13-15)41(38,39)17-11-9-14(10-12-17)33-27(37)40-16-6-2-1-3-7-16/h1-13H,(H,32,34)(H,33,37)(H,35,36). The summed E-state index contributed by atoms with van der Waals surface area (Å²) in [5.41, 5.74) is -0.931. The summed E-state index contributed by atoms with van der Waals surface area (Å²) in [6, 6.07) is 19.0. The zero-order valence-electron chi connectivity index (χ0n) is 20.3. The smallest absolute Gasteiger partial charge is 0.417 e. The molecule has 0 atom stereocenters. The van der Waals surface area contributed by atoms with E-state index in [1.807, 2.05) is 0 Å². The van der Waals surface area contributed by atoms with E-state index >= 15 is 0 Å². The maximum Gasteiger partial charge on any atom is 0.417 e. The van der Waals surface area contributed by atoms with Crippen molar-refractivity contribution in [3.8, 4) is 5.75 Å². The van der Waals surface area contributed by atoms with Crippen LogP contribution in [0.25, 0.3) is 0 Å². The lowest BCUT2D eigenvalue weighted by molar-refractivity contribution is 0.0692. The largest absolute Gasteiger partial charge is 0.478 e. The average molecular weight is 654 g/mol. The summed E-state index contributed by atoms with van der Waals surface area (Å²) in [6.45, 7) is 0. The summed E-state index contributed by atoms with van der Waals surface area (Å²) in [5.74, 6) is -2.26. The van der Waals surface area contributed by atoms with E-state index in [0.29, 0.717) is 5.75 Å². The van der Waals surface area contributed by atoms with Crippen LogP contribution >= 0.6 is 46.4 Å². The van der Waals surface area contributed by atoms with Crippen LogP contribution in [0, 0.1) is 0 Å². The Labute approximate surface area is 253 Å². The molecular formula is C27H16Cl4N2O7S. The van der Waals surface area contributed by atoms with Gasteiger partial charge in [0, 0.05) is 11.4 Å². The molecule has 4 rings (SSSR count). The molecule has 0 heterocycles. The lowest BCUT2D eigenvalue weighted by atomic mass is 10.1. The van der Waals surface area contributed by atoms with Crippen LogP contribution in [-0.2, 0) is 9.84 Å². The molecule has 210 valence electrons. The topological polar surface area (TPSA) is 139 Å². The van der Waals surface area contributed by atoms with Crippen LogP contribution in [0.15, 0.2) is 88.7 Å². The number of carbonyl (C=O) groups excluding carboxylic acids is 2. The van der Waals surface area contributed by atoms with E-state index in [1.165, 1.54) is 48.5 Å². The van der Waals surface area contributed by atoms with Crippen molar-refractivity contribution >= 4 is 85.6 Å². The van der Waals surface area contributed by atoms with Crippen LogP contribution in [-0.4, -0.2) is 31.5 Å². The summed E-state index contributed by atoms with van der Waals surface area (Å²) in [7, 11) is -4.08. The van der Waals surface area contributed by atoms with Gasteiger partial charge < -0.3 is 15.2 Å². The fourth-order valence-electron chi connectivity index (χ4n) is 3.57. The molecule has 0 saturated heterocycles. The Kier molecular flexibility index (Phi) is 9.11. The highest BCUT2D eigenvalue weighted by Crippen LogP contribution is 2.42. The number of carboxylic acid groups (broad SMARTS) is 1. The average Bonchev–Trinajstić information content (AvgIpc) is 2.94. The molecule has 0 saturated carbocycles. The van der Waals surface area contributed by atoms with E-state index in [2.05, 4.69) is 10.6 Å². The third-order valence-electron chi connectivity index (χ3n) is 5.48. The zero-order chi connectivity index (χ0) is 29.9. The first-order valence-electron chi connectivity index (χ1n) is 11.3. The summed E-state index contributed by atoms with van der Waals surface area (Å²) in [6.07, 6.45) is -0.760. The van der Waals surface area contributed by atoms with Crippen LogP contribution in [0.5, 0.6) is 5.75 Å². The molecule has 0 bridgehead atoms. The molecule has 41 heavy (non-hydrogen) atoms. The van der Waals surface area contributed by atoms with Crippen molar-refractivity contribution in [1.82, 2.24) is 0 Å². The van der Waals surface area contributed by atoms with Crippen LogP contribution in [0.1, 0.15) is 20.7 Å². The molecule has 0 radical (unpaired) electrons. The van der Waals surface area contributed by atoms with E-state index in [0.717, 1.165) is 0 Å². The molecule has 0 aliphatic heterocycles. The highest BCUT2D eigenvalue weighted by Gasteiger charge is 2.29. The molecule has 0 aliphatic rings. The number of nitrogens with one attached hydrogen (secondary N) is 2. The van der Waals surface area contributed by atoms with Gasteiger partial charge in [0.2, 0.25) is 9.84 Å². The summed E-state index contributed by atoms with van der Waals surface area (Å²) in [4.78, 5) is 36.6. The van der Waals surface area contributed by atoms with Crippen molar-refractivity contribution in [2.24, 2.45) is 0 Å². The minimum atomic E-state index is -4.08. The van der Waals surface area contributed by atoms with Gasteiger partial charge in [0.25, 0.3) is 5.91 Å². The fraction of sp³-hybridized carbons (Fsp3) is 0. The SMILES string of the molecule is O=C(Nc1ccc(S(=O)(=O)c2cccc(NC(=O)c3c(Cl)c(Cl)c(Cl)c(Cl)c3C(=O)O)c2)cc1)Oc1ccccc1. The maximum atomic E-state index is 13.3. The third kappa shape index (κ3) is 6.58. The molecule has 0 unspecified atom stereocenters. The monoisotopic (exact) mass is 652 g/mol. The number of carboxylic acids is 1. The van der Waals surface area contributed by atoms with Crippen LogP contribution in [0.2, 0.25) is 20.1 Å². The summed E-state index contributed by atoms with van der Waals surface area (Å²) < 4.78 is 31.7. The van der Waals surface area contributed by atoms with Gasteiger partial charge in [-0.3, -0.25) is 10.1 Å². The molecular weight excluding hydrogens is 638 g/mol. The first kappa shape index (κ1) is 30.2. The summed E-state index contributed by atoms with van der Waals surface area (Å²) in [5, 5.41) is 12.9. The molecule has 4 aromatic rings. The molecule has 4 aromatic carbocycles. The van der Waals surface area contributed by atoms with Gasteiger partial charge in [-0.1, -0.05) is 70.7 Å². The zero-order valence-corrected chi connectivity index (χ0v) is 24.2. The number of carbonyl (C=O) groups is 3. The number of sulfone groups is 1. The van der Waals surface area contributed by atoms with Crippen molar-refractivity contribution in [3.63, 3.8) is 0 Å². The Morgan fingerprint density at radius 3 is 1.88 bits per heavy atom. The maximum absolute atomic E-state index is 13.3. The first-order chi connectivity index (χ1) is 19.4. The normalized spacial score (nSPS) is 11.0. The Balaban J connectivity index is 1.55. The highest BCUT2D eigenvalue weighted by atomic mass is 35.5. The number of benzene rings is 4. The van der Waals surface area contributed by atoms with Gasteiger partial charge in [0.15, 0.2) is 0 Å². The minimum Gasteiger partial charge on any atom is -0.478 e. The van der Waals surface area contributed by atoms with E-state index in [-0.39, 0.29) is 31.2 Å². The second-order valence-corrected chi connectivity index (χ2v) is 11.6. The number of rotatable bonds is 7. The summed E-state index contributed by atoms with van der Waals surface area (Å²) >= 11 is 24.1. The molecule has 0 aromatic heterocycles. The van der Waals surface area contributed by atoms with Gasteiger partial charge in [-0.25, -0.2) is 18.0 Å². The number of halogens is 4. The van der Waals surface area contributed by atoms with E-state index in [1.54, 1.807) is 30.3 Å². The number of hydrogen-bond acceptors (Lipinski definition) is 6. The molecule has 3 N–H and O–H groups in total. The molecule has 0 spiro atoms. The quantitative estimate of drug-likeness (QED) is 0.137. The second-order valence-electron chi connectivity index (χ2n) is 8.15. The Morgan fingerprint density at radius 1 is 0.659 bits per heavy atom.